The molecule has 1 fully saturated rings. The molecule has 2 unspecified atom stereocenters. The van der Waals surface area contributed by atoms with Gasteiger partial charge in [-0.1, -0.05) is 6.92 Å². The van der Waals surface area contributed by atoms with Crippen LogP contribution in [0.1, 0.15) is 33.1 Å². The van der Waals surface area contributed by atoms with E-state index in [2.05, 4.69) is 18.7 Å². The second-order valence-electron chi connectivity index (χ2n) is 3.64. The van der Waals surface area contributed by atoms with Crippen molar-refractivity contribution in [2.24, 2.45) is 5.73 Å². The SMILES string of the molecule is CCN1CCCC1CC(C)N. The first-order chi connectivity index (χ1) is 5.24. The van der Waals surface area contributed by atoms with Crippen molar-refractivity contribution in [3.8, 4) is 0 Å². The standard InChI is InChI=1S/C9H20N2/c1-3-11-6-4-5-9(11)7-8(2)10/h8-9H,3-7,10H2,1-2H3. The lowest BCUT2D eigenvalue weighted by molar-refractivity contribution is 0.247. The van der Waals surface area contributed by atoms with E-state index in [9.17, 15) is 0 Å². The van der Waals surface area contributed by atoms with Crippen molar-refractivity contribution >= 4 is 0 Å². The van der Waals surface area contributed by atoms with Gasteiger partial charge >= 0.3 is 0 Å². The number of nitrogens with zero attached hydrogens (tertiary/aromatic N) is 1. The molecule has 0 aliphatic carbocycles. The van der Waals surface area contributed by atoms with Crippen LogP contribution in [0, 0.1) is 0 Å². The van der Waals surface area contributed by atoms with E-state index in [0.717, 1.165) is 6.04 Å². The minimum atomic E-state index is 0.368. The van der Waals surface area contributed by atoms with Crippen LogP contribution >= 0.6 is 0 Å². The van der Waals surface area contributed by atoms with Crippen molar-refractivity contribution in [1.29, 1.82) is 0 Å². The molecule has 0 radical (unpaired) electrons. The average molecular weight is 156 g/mol. The van der Waals surface area contributed by atoms with Crippen molar-refractivity contribution in [2.45, 2.75) is 45.2 Å². The largest absolute Gasteiger partial charge is 0.328 e. The van der Waals surface area contributed by atoms with Crippen LogP contribution in [-0.2, 0) is 0 Å². The summed E-state index contributed by atoms with van der Waals surface area (Å²) in [6, 6.07) is 1.15. The highest BCUT2D eigenvalue weighted by molar-refractivity contribution is 4.80. The summed E-state index contributed by atoms with van der Waals surface area (Å²) < 4.78 is 0. The Morgan fingerprint density at radius 1 is 1.64 bits per heavy atom. The highest BCUT2D eigenvalue weighted by Crippen LogP contribution is 2.19. The van der Waals surface area contributed by atoms with E-state index in [0.29, 0.717) is 6.04 Å². The van der Waals surface area contributed by atoms with Crippen LogP contribution < -0.4 is 5.73 Å². The van der Waals surface area contributed by atoms with Crippen LogP contribution in [0.25, 0.3) is 0 Å². The van der Waals surface area contributed by atoms with Gasteiger partial charge in [-0.3, -0.25) is 0 Å². The van der Waals surface area contributed by atoms with Gasteiger partial charge in [-0.2, -0.15) is 0 Å². The van der Waals surface area contributed by atoms with E-state index in [4.69, 9.17) is 5.73 Å². The molecule has 1 heterocycles. The van der Waals surface area contributed by atoms with Crippen LogP contribution in [-0.4, -0.2) is 30.1 Å². The minimum Gasteiger partial charge on any atom is -0.328 e. The Balaban J connectivity index is 2.31. The summed E-state index contributed by atoms with van der Waals surface area (Å²) in [5, 5.41) is 0. The number of hydrogen-bond donors (Lipinski definition) is 1. The van der Waals surface area contributed by atoms with Crippen molar-refractivity contribution < 1.29 is 0 Å². The predicted molar refractivity (Wildman–Crippen MR) is 48.5 cm³/mol. The quantitative estimate of drug-likeness (QED) is 0.665. The Morgan fingerprint density at radius 2 is 2.36 bits per heavy atom. The average Bonchev–Trinajstić information content (AvgIpc) is 2.34. The molecule has 1 aliphatic rings. The number of likely N-dealkylation sites (tertiary alicyclic amines) is 1. The molecule has 1 rings (SSSR count). The van der Waals surface area contributed by atoms with Crippen LogP contribution in [0.5, 0.6) is 0 Å². The first-order valence-electron chi connectivity index (χ1n) is 4.73. The summed E-state index contributed by atoms with van der Waals surface area (Å²) in [4.78, 5) is 2.54. The van der Waals surface area contributed by atoms with Gasteiger partial charge in [0.2, 0.25) is 0 Å². The lowest BCUT2D eigenvalue weighted by atomic mass is 10.1. The van der Waals surface area contributed by atoms with Crippen molar-refractivity contribution in [3.05, 3.63) is 0 Å². The predicted octanol–water partition coefficient (Wildman–Crippen LogP) is 1.21. The number of nitrogens with two attached hydrogens (primary N) is 1. The topological polar surface area (TPSA) is 29.3 Å². The first kappa shape index (κ1) is 9.01. The molecular formula is C9H20N2. The lowest BCUT2D eigenvalue weighted by Crippen LogP contribution is -2.33. The van der Waals surface area contributed by atoms with E-state index in [1.807, 2.05) is 0 Å². The molecule has 66 valence electrons. The summed E-state index contributed by atoms with van der Waals surface area (Å²) in [5.41, 5.74) is 5.76. The normalized spacial score (nSPS) is 29.2. The van der Waals surface area contributed by atoms with E-state index < -0.39 is 0 Å². The van der Waals surface area contributed by atoms with Gasteiger partial charge in [0.05, 0.1) is 0 Å². The zero-order valence-electron chi connectivity index (χ0n) is 7.71. The third-order valence-electron chi connectivity index (χ3n) is 2.55. The van der Waals surface area contributed by atoms with Crippen molar-refractivity contribution in [1.82, 2.24) is 4.90 Å². The van der Waals surface area contributed by atoms with Gasteiger partial charge in [0.25, 0.3) is 0 Å². The minimum absolute atomic E-state index is 0.368. The molecule has 1 saturated heterocycles. The molecule has 2 heteroatoms. The van der Waals surface area contributed by atoms with Gasteiger partial charge in [-0.15, -0.1) is 0 Å². The fraction of sp³-hybridized carbons (Fsp3) is 1.00. The van der Waals surface area contributed by atoms with Gasteiger partial charge < -0.3 is 10.6 Å². The van der Waals surface area contributed by atoms with Gasteiger partial charge in [0, 0.05) is 12.1 Å². The van der Waals surface area contributed by atoms with E-state index in [-0.39, 0.29) is 0 Å². The molecule has 11 heavy (non-hydrogen) atoms. The van der Waals surface area contributed by atoms with Crippen LogP contribution in [0.15, 0.2) is 0 Å². The van der Waals surface area contributed by atoms with Crippen LogP contribution in [0.2, 0.25) is 0 Å². The van der Waals surface area contributed by atoms with Crippen LogP contribution in [0.4, 0.5) is 0 Å². The number of rotatable bonds is 3. The summed E-state index contributed by atoms with van der Waals surface area (Å²) >= 11 is 0. The smallest absolute Gasteiger partial charge is 0.0110 e. The molecule has 0 amide bonds. The van der Waals surface area contributed by atoms with Gasteiger partial charge in [-0.25, -0.2) is 0 Å². The Hall–Kier alpha value is -0.0800. The molecule has 0 spiro atoms. The third-order valence-corrected chi connectivity index (χ3v) is 2.55. The molecule has 2 atom stereocenters. The van der Waals surface area contributed by atoms with Crippen LogP contribution in [0.3, 0.4) is 0 Å². The Morgan fingerprint density at radius 3 is 2.91 bits per heavy atom. The van der Waals surface area contributed by atoms with Crippen molar-refractivity contribution in [2.75, 3.05) is 13.1 Å². The second kappa shape index (κ2) is 4.07. The summed E-state index contributed by atoms with van der Waals surface area (Å²) in [6.07, 6.45) is 3.90. The van der Waals surface area contributed by atoms with E-state index >= 15 is 0 Å². The first-order valence-corrected chi connectivity index (χ1v) is 4.73. The van der Waals surface area contributed by atoms with Crippen molar-refractivity contribution in [3.63, 3.8) is 0 Å². The Labute approximate surface area is 69.8 Å². The monoisotopic (exact) mass is 156 g/mol. The molecule has 0 aromatic rings. The lowest BCUT2D eigenvalue weighted by Gasteiger charge is -2.23. The summed E-state index contributed by atoms with van der Waals surface area (Å²) in [5.74, 6) is 0. The maximum Gasteiger partial charge on any atom is 0.0110 e. The van der Waals surface area contributed by atoms with Gasteiger partial charge in [0.15, 0.2) is 0 Å². The maximum atomic E-state index is 5.76. The molecular weight excluding hydrogens is 136 g/mol. The molecule has 1 aliphatic heterocycles. The van der Waals surface area contributed by atoms with Gasteiger partial charge in [0.1, 0.15) is 0 Å². The van der Waals surface area contributed by atoms with E-state index in [1.165, 1.54) is 32.4 Å². The molecule has 0 bridgehead atoms. The zero-order valence-corrected chi connectivity index (χ0v) is 7.71. The molecule has 0 aromatic carbocycles. The molecule has 2 nitrogen and oxygen atoms in total. The molecule has 0 saturated carbocycles. The Kier molecular flexibility index (Phi) is 3.34. The summed E-state index contributed by atoms with van der Waals surface area (Å²) in [6.45, 7) is 6.82. The highest BCUT2D eigenvalue weighted by Gasteiger charge is 2.23. The fourth-order valence-electron chi connectivity index (χ4n) is 2.01. The van der Waals surface area contributed by atoms with E-state index in [1.54, 1.807) is 0 Å². The maximum absolute atomic E-state index is 5.76. The number of hydrogen-bond acceptors (Lipinski definition) is 2. The third kappa shape index (κ3) is 2.46. The van der Waals surface area contributed by atoms with Gasteiger partial charge in [-0.05, 0) is 39.3 Å². The fourth-order valence-corrected chi connectivity index (χ4v) is 2.01. The second-order valence-corrected chi connectivity index (χ2v) is 3.64. The Bertz CT molecular complexity index is 112. The molecule has 2 N–H and O–H groups in total. The highest BCUT2D eigenvalue weighted by atomic mass is 15.2. The zero-order chi connectivity index (χ0) is 8.27. The summed E-state index contributed by atoms with van der Waals surface area (Å²) in [7, 11) is 0. The molecule has 0 aromatic heterocycles.